The molecule has 1 atom stereocenters. The van der Waals surface area contributed by atoms with Gasteiger partial charge in [0.15, 0.2) is 0 Å². The summed E-state index contributed by atoms with van der Waals surface area (Å²) in [6.07, 6.45) is -2.61. The summed E-state index contributed by atoms with van der Waals surface area (Å²) < 4.78 is 41.9. The number of alkyl halides is 3. The summed E-state index contributed by atoms with van der Waals surface area (Å²) in [5.74, 6) is -0.0415. The maximum Gasteiger partial charge on any atom is 0.417 e. The Morgan fingerprint density at radius 3 is 2.38 bits per heavy atom. The van der Waals surface area contributed by atoms with Crippen molar-refractivity contribution in [2.75, 3.05) is 18.5 Å². The Balaban J connectivity index is 1.43. The van der Waals surface area contributed by atoms with Crippen LogP contribution in [0.4, 0.5) is 19.1 Å². The average molecular weight is 620 g/mol. The summed E-state index contributed by atoms with van der Waals surface area (Å²) in [6, 6.07) is 7.50. The Morgan fingerprint density at radius 2 is 1.76 bits per heavy atom. The molecule has 42 heavy (non-hydrogen) atoms. The molecule has 2 bridgehead atoms. The van der Waals surface area contributed by atoms with Gasteiger partial charge in [-0.25, -0.2) is 9.55 Å². The van der Waals surface area contributed by atoms with E-state index in [4.69, 9.17) is 28.2 Å². The molecule has 3 aliphatic heterocycles. The van der Waals surface area contributed by atoms with Crippen molar-refractivity contribution in [1.82, 2.24) is 19.8 Å². The molecule has 0 radical (unpaired) electrons. The molecule has 4 heterocycles. The maximum atomic E-state index is 14.1. The smallest absolute Gasteiger partial charge is 0.355 e. The van der Waals surface area contributed by atoms with E-state index in [9.17, 15) is 27.6 Å². The van der Waals surface area contributed by atoms with Crippen LogP contribution in [0, 0.1) is 5.92 Å². The van der Waals surface area contributed by atoms with Gasteiger partial charge in [0.2, 0.25) is 5.95 Å². The van der Waals surface area contributed by atoms with Crippen LogP contribution < -0.4 is 15.8 Å². The van der Waals surface area contributed by atoms with Crippen LogP contribution in [0.25, 0.3) is 5.69 Å². The lowest BCUT2D eigenvalue weighted by Crippen LogP contribution is -2.46. The Bertz CT molecular complexity index is 1690. The molecule has 2 aromatic carbocycles. The van der Waals surface area contributed by atoms with Gasteiger partial charge in [-0.15, -0.1) is 0 Å². The van der Waals surface area contributed by atoms with Crippen LogP contribution >= 0.6 is 23.2 Å². The van der Waals surface area contributed by atoms with Crippen molar-refractivity contribution in [1.29, 1.82) is 0 Å². The Labute approximate surface area is 249 Å². The summed E-state index contributed by atoms with van der Waals surface area (Å²) in [5, 5.41) is 2.26. The van der Waals surface area contributed by atoms with Crippen LogP contribution in [0.15, 0.2) is 41.2 Å². The van der Waals surface area contributed by atoms with E-state index in [1.165, 1.54) is 28.6 Å². The van der Waals surface area contributed by atoms with E-state index in [-0.39, 0.29) is 41.1 Å². The number of rotatable bonds is 4. The summed E-state index contributed by atoms with van der Waals surface area (Å²) in [5.41, 5.74) is -0.0528. The van der Waals surface area contributed by atoms with Crippen LogP contribution in [0.1, 0.15) is 57.3 Å². The zero-order valence-electron chi connectivity index (χ0n) is 22.6. The minimum Gasteiger partial charge on any atom is -0.355 e. The van der Waals surface area contributed by atoms with Crippen molar-refractivity contribution in [2.45, 2.75) is 51.0 Å². The SMILES string of the molecule is CNC(=O)c1ccc(-n2c(N3CC4CC3C4)nc3c(c2=O)C[C@@H](C)N(C(=O)c2ccc(Cl)c(C(F)(F)F)c2)C3)c(Cl)c1. The molecule has 220 valence electrons. The predicted molar refractivity (Wildman–Crippen MR) is 152 cm³/mol. The van der Waals surface area contributed by atoms with Gasteiger partial charge in [-0.05, 0) is 68.5 Å². The van der Waals surface area contributed by atoms with Crippen LogP contribution in [-0.4, -0.2) is 51.9 Å². The number of halogens is 5. The number of benzene rings is 2. The minimum absolute atomic E-state index is 0.0479. The first-order valence-corrected chi connectivity index (χ1v) is 14.2. The molecular weight excluding hydrogens is 594 g/mol. The lowest BCUT2D eigenvalue weighted by atomic mass is 9.86. The lowest BCUT2D eigenvalue weighted by molar-refractivity contribution is -0.137. The first-order chi connectivity index (χ1) is 19.9. The summed E-state index contributed by atoms with van der Waals surface area (Å²) in [6.45, 7) is 2.40. The minimum atomic E-state index is -4.72. The van der Waals surface area contributed by atoms with Gasteiger partial charge in [0, 0.05) is 42.4 Å². The Hall–Kier alpha value is -3.57. The van der Waals surface area contributed by atoms with Gasteiger partial charge in [0.1, 0.15) is 0 Å². The summed E-state index contributed by atoms with van der Waals surface area (Å²) >= 11 is 12.4. The molecule has 8 nitrogen and oxygen atoms in total. The molecule has 3 aromatic rings. The molecule has 1 N–H and O–H groups in total. The number of nitrogens with one attached hydrogen (secondary N) is 1. The lowest BCUT2D eigenvalue weighted by Gasteiger charge is -2.36. The van der Waals surface area contributed by atoms with Gasteiger partial charge in [-0.3, -0.25) is 14.4 Å². The fraction of sp³-hybridized carbons (Fsp3) is 0.379. The highest BCUT2D eigenvalue weighted by atomic mass is 35.5. The van der Waals surface area contributed by atoms with E-state index in [1.807, 2.05) is 0 Å². The largest absolute Gasteiger partial charge is 0.417 e. The molecular formula is C29H26Cl2F3N5O3. The van der Waals surface area contributed by atoms with E-state index >= 15 is 0 Å². The molecule has 3 fully saturated rings. The molecule has 1 aromatic heterocycles. The number of aromatic nitrogens is 2. The van der Waals surface area contributed by atoms with Crippen molar-refractivity contribution in [3.63, 3.8) is 0 Å². The highest BCUT2D eigenvalue weighted by molar-refractivity contribution is 6.33. The number of hydrogen-bond acceptors (Lipinski definition) is 5. The zero-order chi connectivity index (χ0) is 30.1. The fourth-order valence-corrected chi connectivity index (χ4v) is 6.61. The third-order valence-electron chi connectivity index (χ3n) is 8.42. The first-order valence-electron chi connectivity index (χ1n) is 13.5. The van der Waals surface area contributed by atoms with Crippen LogP contribution in [0.3, 0.4) is 0 Å². The number of hydrogen-bond donors (Lipinski definition) is 1. The van der Waals surface area contributed by atoms with E-state index in [2.05, 4.69) is 10.2 Å². The molecule has 1 aliphatic carbocycles. The van der Waals surface area contributed by atoms with E-state index in [0.717, 1.165) is 25.0 Å². The van der Waals surface area contributed by atoms with Crippen molar-refractivity contribution < 1.29 is 22.8 Å². The highest BCUT2D eigenvalue weighted by Crippen LogP contribution is 2.43. The number of amides is 2. The zero-order valence-corrected chi connectivity index (χ0v) is 24.1. The van der Waals surface area contributed by atoms with Crippen molar-refractivity contribution in [3.05, 3.63) is 84.7 Å². The van der Waals surface area contributed by atoms with Crippen LogP contribution in [-0.2, 0) is 19.1 Å². The second-order valence-electron chi connectivity index (χ2n) is 11.0. The van der Waals surface area contributed by atoms with Gasteiger partial charge in [0.05, 0.1) is 33.5 Å². The molecule has 13 heteroatoms. The number of anilines is 1. The molecule has 0 unspecified atom stereocenters. The topological polar surface area (TPSA) is 87.5 Å². The number of carbonyl (C=O) groups excluding carboxylic acids is 2. The highest BCUT2D eigenvalue weighted by Gasteiger charge is 2.45. The summed E-state index contributed by atoms with van der Waals surface area (Å²) in [7, 11) is 1.51. The van der Waals surface area contributed by atoms with Crippen LogP contribution in [0.5, 0.6) is 0 Å². The fourth-order valence-electron chi connectivity index (χ4n) is 6.12. The standard InChI is InChI=1S/C29H26Cl2F3N5O3/c1-14-7-19-23(13-37(14)26(41)17-3-5-21(30)20(10-17)29(32,33)34)36-28(38-12-15-8-18(38)9-15)39(27(19)42)24-6-4-16(11-22(24)31)25(40)35-2/h3-6,10-11,14-15,18H,7-9,12-13H2,1-2H3,(H,35,40)/t14-,15?,18?/m1/s1. The first kappa shape index (κ1) is 28.5. The van der Waals surface area contributed by atoms with E-state index < -0.39 is 28.7 Å². The Morgan fingerprint density at radius 1 is 1.05 bits per heavy atom. The normalized spacial score (nSPS) is 21.2. The van der Waals surface area contributed by atoms with Crippen molar-refractivity contribution in [3.8, 4) is 5.69 Å². The number of fused-ring (bicyclic) bond motifs is 2. The number of carbonyl (C=O) groups is 2. The third kappa shape index (κ3) is 4.72. The van der Waals surface area contributed by atoms with Gasteiger partial charge in [-0.2, -0.15) is 13.2 Å². The molecule has 0 spiro atoms. The Kier molecular flexibility index (Phi) is 7.00. The van der Waals surface area contributed by atoms with Gasteiger partial charge < -0.3 is 15.1 Å². The quantitative estimate of drug-likeness (QED) is 0.439. The molecule has 2 amide bonds. The van der Waals surface area contributed by atoms with Crippen LogP contribution in [0.2, 0.25) is 10.0 Å². The summed E-state index contributed by atoms with van der Waals surface area (Å²) in [4.78, 5) is 48.2. The molecule has 4 aliphatic rings. The van der Waals surface area contributed by atoms with E-state index in [1.54, 1.807) is 19.1 Å². The van der Waals surface area contributed by atoms with Gasteiger partial charge >= 0.3 is 6.18 Å². The molecule has 1 saturated carbocycles. The van der Waals surface area contributed by atoms with Crippen molar-refractivity contribution in [2.24, 2.45) is 5.92 Å². The average Bonchev–Trinajstić information content (AvgIpc) is 3.54. The van der Waals surface area contributed by atoms with Crippen molar-refractivity contribution >= 4 is 41.0 Å². The second kappa shape index (κ2) is 10.3. The van der Waals surface area contributed by atoms with Gasteiger partial charge in [-0.1, -0.05) is 23.2 Å². The molecule has 2 saturated heterocycles. The predicted octanol–water partition coefficient (Wildman–Crippen LogP) is 5.10. The third-order valence-corrected chi connectivity index (χ3v) is 9.05. The maximum absolute atomic E-state index is 14.1. The van der Waals surface area contributed by atoms with Gasteiger partial charge in [0.25, 0.3) is 17.4 Å². The number of nitrogens with zero attached hydrogens (tertiary/aromatic N) is 4. The second-order valence-corrected chi connectivity index (χ2v) is 11.9. The van der Waals surface area contributed by atoms with E-state index in [0.29, 0.717) is 40.9 Å². The molecule has 7 rings (SSSR count). The monoisotopic (exact) mass is 619 g/mol.